The van der Waals surface area contributed by atoms with Gasteiger partial charge in [0.15, 0.2) is 0 Å². The Bertz CT molecular complexity index is 628. The number of aryl methyl sites for hydroxylation is 1. The molecule has 1 aromatic heterocycles. The van der Waals surface area contributed by atoms with E-state index in [4.69, 9.17) is 5.73 Å². The molecule has 100 valence electrons. The number of rotatable bonds is 2. The smallest absolute Gasteiger partial charge is 0.387 e. The molecule has 0 unspecified atom stereocenters. The molecule has 1 aliphatic carbocycles. The van der Waals surface area contributed by atoms with Crippen LogP contribution in [0.3, 0.4) is 0 Å². The van der Waals surface area contributed by atoms with Gasteiger partial charge in [0, 0.05) is 16.8 Å². The third kappa shape index (κ3) is 2.20. The van der Waals surface area contributed by atoms with E-state index in [1.165, 1.54) is 6.07 Å². The van der Waals surface area contributed by atoms with Gasteiger partial charge < -0.3 is 10.5 Å². The van der Waals surface area contributed by atoms with Crippen molar-refractivity contribution in [2.45, 2.75) is 32.3 Å². The molecule has 1 aliphatic rings. The molecule has 2 aromatic rings. The van der Waals surface area contributed by atoms with Crippen LogP contribution in [0.1, 0.15) is 24.1 Å². The SMILES string of the molecule is Nc1c2c(nc3ccc(OC(F)F)cc13)CCCC2. The van der Waals surface area contributed by atoms with E-state index in [2.05, 4.69) is 9.72 Å². The van der Waals surface area contributed by atoms with Crippen LogP contribution in [0.5, 0.6) is 5.75 Å². The lowest BCUT2D eigenvalue weighted by molar-refractivity contribution is -0.0497. The van der Waals surface area contributed by atoms with Crippen LogP contribution in [-0.4, -0.2) is 11.6 Å². The van der Waals surface area contributed by atoms with E-state index in [-0.39, 0.29) is 5.75 Å². The van der Waals surface area contributed by atoms with Crippen molar-refractivity contribution in [2.24, 2.45) is 0 Å². The molecule has 0 spiro atoms. The number of nitrogen functional groups attached to an aromatic ring is 1. The second-order valence-corrected chi connectivity index (χ2v) is 4.72. The molecule has 19 heavy (non-hydrogen) atoms. The third-order valence-electron chi connectivity index (χ3n) is 3.50. The summed E-state index contributed by atoms with van der Waals surface area (Å²) in [7, 11) is 0. The maximum Gasteiger partial charge on any atom is 0.387 e. The van der Waals surface area contributed by atoms with Crippen LogP contribution in [0.2, 0.25) is 0 Å². The topological polar surface area (TPSA) is 48.1 Å². The summed E-state index contributed by atoms with van der Waals surface area (Å²) in [5.41, 5.74) is 9.65. The lowest BCUT2D eigenvalue weighted by atomic mass is 9.93. The molecular weight excluding hydrogens is 250 g/mol. The zero-order chi connectivity index (χ0) is 13.4. The number of nitrogens with two attached hydrogens (primary N) is 1. The average Bonchev–Trinajstić information content (AvgIpc) is 2.39. The van der Waals surface area contributed by atoms with E-state index in [0.29, 0.717) is 11.1 Å². The van der Waals surface area contributed by atoms with Crippen molar-refractivity contribution in [3.63, 3.8) is 0 Å². The van der Waals surface area contributed by atoms with Gasteiger partial charge in [-0.1, -0.05) is 0 Å². The Morgan fingerprint density at radius 1 is 1.21 bits per heavy atom. The normalized spacial score (nSPS) is 14.7. The van der Waals surface area contributed by atoms with Gasteiger partial charge in [-0.05, 0) is 49.4 Å². The van der Waals surface area contributed by atoms with Gasteiger partial charge in [0.1, 0.15) is 5.75 Å². The number of alkyl halides is 2. The number of nitrogens with zero attached hydrogens (tertiary/aromatic N) is 1. The lowest BCUT2D eigenvalue weighted by Crippen LogP contribution is -2.09. The number of aromatic nitrogens is 1. The summed E-state index contributed by atoms with van der Waals surface area (Å²) in [6.07, 6.45) is 4.06. The number of hydrogen-bond acceptors (Lipinski definition) is 3. The molecule has 0 amide bonds. The molecule has 2 N–H and O–H groups in total. The first-order chi connectivity index (χ1) is 9.15. The summed E-state index contributed by atoms with van der Waals surface area (Å²) >= 11 is 0. The van der Waals surface area contributed by atoms with Crippen molar-refractivity contribution in [1.29, 1.82) is 0 Å². The number of halogens is 2. The maximum absolute atomic E-state index is 12.2. The first-order valence-corrected chi connectivity index (χ1v) is 6.31. The second-order valence-electron chi connectivity index (χ2n) is 4.72. The largest absolute Gasteiger partial charge is 0.435 e. The number of ether oxygens (including phenoxy) is 1. The summed E-state index contributed by atoms with van der Waals surface area (Å²) in [6, 6.07) is 4.72. The minimum atomic E-state index is -2.83. The highest BCUT2D eigenvalue weighted by molar-refractivity contribution is 5.93. The van der Waals surface area contributed by atoms with Crippen LogP contribution in [0.25, 0.3) is 10.9 Å². The van der Waals surface area contributed by atoms with Crippen LogP contribution < -0.4 is 10.5 Å². The van der Waals surface area contributed by atoms with E-state index in [1.54, 1.807) is 12.1 Å². The van der Waals surface area contributed by atoms with Gasteiger partial charge >= 0.3 is 6.61 Å². The van der Waals surface area contributed by atoms with Gasteiger partial charge in [-0.15, -0.1) is 0 Å². The van der Waals surface area contributed by atoms with Crippen molar-refractivity contribution in [2.75, 3.05) is 5.73 Å². The molecule has 0 atom stereocenters. The fraction of sp³-hybridized carbons (Fsp3) is 0.357. The molecule has 0 saturated heterocycles. The van der Waals surface area contributed by atoms with Crippen LogP contribution >= 0.6 is 0 Å². The Hall–Kier alpha value is -1.91. The Morgan fingerprint density at radius 3 is 2.79 bits per heavy atom. The van der Waals surface area contributed by atoms with Crippen molar-refractivity contribution >= 4 is 16.6 Å². The predicted molar refractivity (Wildman–Crippen MR) is 69.4 cm³/mol. The summed E-state index contributed by atoms with van der Waals surface area (Å²) in [5, 5.41) is 0.693. The molecule has 1 aromatic carbocycles. The summed E-state index contributed by atoms with van der Waals surface area (Å²) in [5.74, 6) is 0.117. The number of pyridine rings is 1. The number of fused-ring (bicyclic) bond motifs is 2. The van der Waals surface area contributed by atoms with Crippen LogP contribution in [-0.2, 0) is 12.8 Å². The van der Waals surface area contributed by atoms with Gasteiger partial charge in [0.05, 0.1) is 5.52 Å². The Balaban J connectivity index is 2.14. The van der Waals surface area contributed by atoms with Gasteiger partial charge in [0.25, 0.3) is 0 Å². The van der Waals surface area contributed by atoms with Gasteiger partial charge in [-0.25, -0.2) is 0 Å². The summed E-state index contributed by atoms with van der Waals surface area (Å²) in [4.78, 5) is 4.57. The van der Waals surface area contributed by atoms with E-state index in [9.17, 15) is 8.78 Å². The minimum absolute atomic E-state index is 0.117. The third-order valence-corrected chi connectivity index (χ3v) is 3.50. The molecule has 5 heteroatoms. The molecule has 0 fully saturated rings. The lowest BCUT2D eigenvalue weighted by Gasteiger charge is -2.18. The average molecular weight is 264 g/mol. The van der Waals surface area contributed by atoms with E-state index < -0.39 is 6.61 Å². The van der Waals surface area contributed by atoms with Gasteiger partial charge in [-0.2, -0.15) is 8.78 Å². The minimum Gasteiger partial charge on any atom is -0.435 e. The monoisotopic (exact) mass is 264 g/mol. The summed E-state index contributed by atoms with van der Waals surface area (Å²) < 4.78 is 28.9. The molecular formula is C14H14F2N2O. The number of anilines is 1. The van der Waals surface area contributed by atoms with Crippen LogP contribution in [0.15, 0.2) is 18.2 Å². The van der Waals surface area contributed by atoms with Crippen molar-refractivity contribution in [3.05, 3.63) is 29.5 Å². The first kappa shape index (κ1) is 12.1. The van der Waals surface area contributed by atoms with E-state index in [1.807, 2.05) is 0 Å². The highest BCUT2D eigenvalue weighted by atomic mass is 19.3. The van der Waals surface area contributed by atoms with Gasteiger partial charge in [-0.3, -0.25) is 4.98 Å². The zero-order valence-corrected chi connectivity index (χ0v) is 10.3. The van der Waals surface area contributed by atoms with E-state index >= 15 is 0 Å². The molecule has 3 rings (SSSR count). The van der Waals surface area contributed by atoms with Gasteiger partial charge in [0.2, 0.25) is 0 Å². The maximum atomic E-state index is 12.2. The Kier molecular flexibility index (Phi) is 2.97. The second kappa shape index (κ2) is 4.64. The molecule has 3 nitrogen and oxygen atoms in total. The standard InChI is InChI=1S/C14H14F2N2O/c15-14(16)19-8-5-6-12-10(7-8)13(17)9-3-1-2-4-11(9)18-12/h5-7,14H,1-4H2,(H2,17,18). The predicted octanol–water partition coefficient (Wildman–Crippen LogP) is 3.30. The highest BCUT2D eigenvalue weighted by Gasteiger charge is 2.17. The molecule has 1 heterocycles. The number of hydrogen-bond donors (Lipinski definition) is 1. The Morgan fingerprint density at radius 2 is 2.00 bits per heavy atom. The van der Waals surface area contributed by atoms with Crippen LogP contribution in [0, 0.1) is 0 Å². The quantitative estimate of drug-likeness (QED) is 0.905. The number of benzene rings is 1. The van der Waals surface area contributed by atoms with E-state index in [0.717, 1.165) is 42.5 Å². The summed E-state index contributed by atoms with van der Waals surface area (Å²) in [6.45, 7) is -2.83. The van der Waals surface area contributed by atoms with Crippen molar-refractivity contribution in [1.82, 2.24) is 4.98 Å². The Labute approximate surface area is 109 Å². The van der Waals surface area contributed by atoms with Crippen molar-refractivity contribution in [3.8, 4) is 5.75 Å². The van der Waals surface area contributed by atoms with Crippen LogP contribution in [0.4, 0.5) is 14.5 Å². The highest BCUT2D eigenvalue weighted by Crippen LogP contribution is 2.33. The molecule has 0 saturated carbocycles. The van der Waals surface area contributed by atoms with Crippen molar-refractivity contribution < 1.29 is 13.5 Å². The first-order valence-electron chi connectivity index (χ1n) is 6.31. The molecule has 0 radical (unpaired) electrons. The fourth-order valence-electron chi connectivity index (χ4n) is 2.62. The molecule has 0 aliphatic heterocycles. The zero-order valence-electron chi connectivity index (χ0n) is 10.3. The molecule has 0 bridgehead atoms. The fourth-order valence-corrected chi connectivity index (χ4v) is 2.62.